The lowest BCUT2D eigenvalue weighted by Crippen LogP contribution is -1.92. The first-order chi connectivity index (χ1) is 13.2. The van der Waals surface area contributed by atoms with Gasteiger partial charge in [-0.15, -0.1) is 0 Å². The summed E-state index contributed by atoms with van der Waals surface area (Å²) in [5, 5.41) is 22.5. The summed E-state index contributed by atoms with van der Waals surface area (Å²) in [7, 11) is 0. The number of H-pyrrole nitrogens is 1. The maximum atomic E-state index is 9.53. The fourth-order valence-corrected chi connectivity index (χ4v) is 2.92. The number of nitriles is 1. The highest BCUT2D eigenvalue weighted by Gasteiger charge is 2.12. The first-order valence-electron chi connectivity index (χ1n) is 8.27. The van der Waals surface area contributed by atoms with Crippen molar-refractivity contribution in [2.75, 3.05) is 5.32 Å². The van der Waals surface area contributed by atoms with Gasteiger partial charge in [-0.25, -0.2) is 4.99 Å². The zero-order valence-electron chi connectivity index (χ0n) is 14.1. The van der Waals surface area contributed by atoms with Crippen LogP contribution in [-0.4, -0.2) is 16.4 Å². The summed E-state index contributed by atoms with van der Waals surface area (Å²) in [5.41, 5.74) is 2.11. The van der Waals surface area contributed by atoms with Crippen LogP contribution in [0.3, 0.4) is 0 Å². The Morgan fingerprint density at radius 1 is 1.04 bits per heavy atom. The summed E-state index contributed by atoms with van der Waals surface area (Å²) in [5.74, 6) is 0.826. The van der Waals surface area contributed by atoms with E-state index in [1.807, 2.05) is 42.5 Å². The molecule has 2 N–H and O–H groups in total. The Morgan fingerprint density at radius 3 is 2.63 bits per heavy atom. The van der Waals surface area contributed by atoms with Gasteiger partial charge in [-0.05, 0) is 35.0 Å². The topological polar surface area (TPSA) is 76.9 Å². The first kappa shape index (κ1) is 16.8. The lowest BCUT2D eigenvalue weighted by molar-refractivity contribution is 1.09. The standard InChI is InChI=1S/C21H14ClN5/c22-16-8-10-17(11-9-16)25-21-19(12-23)20(26-27-21)24-13-15-6-3-5-14-4-1-2-7-18(14)15/h1-11,13H,(H2,25,26,27). The molecule has 5 nitrogen and oxygen atoms in total. The summed E-state index contributed by atoms with van der Waals surface area (Å²) < 4.78 is 0. The number of anilines is 2. The molecule has 27 heavy (non-hydrogen) atoms. The van der Waals surface area contributed by atoms with Gasteiger partial charge >= 0.3 is 0 Å². The third kappa shape index (κ3) is 3.52. The number of halogens is 1. The van der Waals surface area contributed by atoms with Gasteiger partial charge in [0.1, 0.15) is 17.5 Å². The Bertz CT molecular complexity index is 1160. The lowest BCUT2D eigenvalue weighted by atomic mass is 10.1. The van der Waals surface area contributed by atoms with Crippen LogP contribution in [0.1, 0.15) is 11.1 Å². The Hall–Kier alpha value is -3.62. The summed E-state index contributed by atoms with van der Waals surface area (Å²) in [4.78, 5) is 4.42. The van der Waals surface area contributed by atoms with Crippen molar-refractivity contribution in [2.24, 2.45) is 4.99 Å². The van der Waals surface area contributed by atoms with Crippen molar-refractivity contribution in [3.05, 3.63) is 82.9 Å². The molecule has 0 aliphatic rings. The smallest absolute Gasteiger partial charge is 0.193 e. The van der Waals surface area contributed by atoms with E-state index in [1.165, 1.54) is 0 Å². The highest BCUT2D eigenvalue weighted by atomic mass is 35.5. The van der Waals surface area contributed by atoms with Crippen LogP contribution >= 0.6 is 11.6 Å². The van der Waals surface area contributed by atoms with Gasteiger partial charge in [-0.1, -0.05) is 54.1 Å². The van der Waals surface area contributed by atoms with E-state index in [0.717, 1.165) is 22.0 Å². The predicted octanol–water partition coefficient (Wildman–Crippen LogP) is 5.58. The molecule has 130 valence electrons. The number of rotatable bonds is 4. The second kappa shape index (κ2) is 7.32. The molecule has 6 heteroatoms. The van der Waals surface area contributed by atoms with Crippen molar-refractivity contribution in [2.45, 2.75) is 0 Å². The van der Waals surface area contributed by atoms with Gasteiger partial charge in [-0.2, -0.15) is 10.4 Å². The van der Waals surface area contributed by atoms with E-state index >= 15 is 0 Å². The van der Waals surface area contributed by atoms with E-state index in [0.29, 0.717) is 22.2 Å². The fourth-order valence-electron chi connectivity index (χ4n) is 2.79. The van der Waals surface area contributed by atoms with E-state index in [4.69, 9.17) is 11.6 Å². The predicted molar refractivity (Wildman–Crippen MR) is 109 cm³/mol. The number of aliphatic imine (C=N–C) groups is 1. The van der Waals surface area contributed by atoms with Gasteiger partial charge in [0.15, 0.2) is 5.82 Å². The molecule has 0 saturated heterocycles. The van der Waals surface area contributed by atoms with Crippen LogP contribution in [0, 0.1) is 11.3 Å². The van der Waals surface area contributed by atoms with Crippen LogP contribution in [-0.2, 0) is 0 Å². The number of fused-ring (bicyclic) bond motifs is 1. The monoisotopic (exact) mass is 371 g/mol. The molecule has 0 fully saturated rings. The molecule has 0 amide bonds. The molecule has 0 radical (unpaired) electrons. The van der Waals surface area contributed by atoms with Crippen LogP contribution in [0.5, 0.6) is 0 Å². The van der Waals surface area contributed by atoms with E-state index < -0.39 is 0 Å². The maximum absolute atomic E-state index is 9.53. The number of benzene rings is 3. The van der Waals surface area contributed by atoms with Crippen LogP contribution in [0.15, 0.2) is 71.7 Å². The van der Waals surface area contributed by atoms with Crippen LogP contribution < -0.4 is 5.32 Å². The Balaban J connectivity index is 1.64. The third-order valence-corrected chi connectivity index (χ3v) is 4.37. The largest absolute Gasteiger partial charge is 0.339 e. The van der Waals surface area contributed by atoms with Gasteiger partial charge < -0.3 is 5.32 Å². The van der Waals surface area contributed by atoms with Gasteiger partial charge in [0, 0.05) is 22.5 Å². The molecular weight excluding hydrogens is 358 g/mol. The minimum absolute atomic E-state index is 0.335. The maximum Gasteiger partial charge on any atom is 0.193 e. The summed E-state index contributed by atoms with van der Waals surface area (Å²) in [6.07, 6.45) is 1.73. The second-order valence-electron chi connectivity index (χ2n) is 5.87. The quantitative estimate of drug-likeness (QED) is 0.459. The summed E-state index contributed by atoms with van der Waals surface area (Å²) >= 11 is 5.90. The fraction of sp³-hybridized carbons (Fsp3) is 0. The molecule has 1 heterocycles. The minimum Gasteiger partial charge on any atom is -0.339 e. The number of nitrogens with one attached hydrogen (secondary N) is 2. The Kier molecular flexibility index (Phi) is 4.56. The van der Waals surface area contributed by atoms with E-state index in [1.54, 1.807) is 18.3 Å². The third-order valence-electron chi connectivity index (χ3n) is 4.12. The van der Waals surface area contributed by atoms with Crippen molar-refractivity contribution in [3.63, 3.8) is 0 Å². The zero-order chi connectivity index (χ0) is 18.6. The van der Waals surface area contributed by atoms with Crippen molar-refractivity contribution in [1.82, 2.24) is 10.2 Å². The van der Waals surface area contributed by atoms with Crippen molar-refractivity contribution < 1.29 is 0 Å². The summed E-state index contributed by atoms with van der Waals surface area (Å²) in [6, 6.07) is 23.4. The molecule has 4 rings (SSSR count). The Morgan fingerprint density at radius 2 is 1.81 bits per heavy atom. The van der Waals surface area contributed by atoms with E-state index in [9.17, 15) is 5.26 Å². The molecule has 0 atom stereocenters. The molecule has 3 aromatic carbocycles. The average Bonchev–Trinajstić information content (AvgIpc) is 3.09. The number of hydrogen-bond acceptors (Lipinski definition) is 4. The van der Waals surface area contributed by atoms with Gasteiger partial charge in [0.05, 0.1) is 0 Å². The SMILES string of the molecule is N#Cc1c(N=Cc2cccc3ccccc23)n[nH]c1Nc1ccc(Cl)cc1. The number of hydrogen-bond donors (Lipinski definition) is 2. The second-order valence-corrected chi connectivity index (χ2v) is 6.30. The van der Waals surface area contributed by atoms with Gasteiger partial charge in [0.2, 0.25) is 0 Å². The van der Waals surface area contributed by atoms with Crippen molar-refractivity contribution >= 4 is 45.9 Å². The van der Waals surface area contributed by atoms with Crippen molar-refractivity contribution in [1.29, 1.82) is 5.26 Å². The molecule has 0 spiro atoms. The summed E-state index contributed by atoms with van der Waals surface area (Å²) in [6.45, 7) is 0. The zero-order valence-corrected chi connectivity index (χ0v) is 14.9. The highest BCUT2D eigenvalue weighted by molar-refractivity contribution is 6.30. The molecule has 0 unspecified atom stereocenters. The number of aromatic amines is 1. The number of aromatic nitrogens is 2. The van der Waals surface area contributed by atoms with Crippen LogP contribution in [0.25, 0.3) is 10.8 Å². The molecule has 1 aromatic heterocycles. The Labute approximate surface area is 160 Å². The number of nitrogens with zero attached hydrogens (tertiary/aromatic N) is 3. The molecule has 0 saturated carbocycles. The highest BCUT2D eigenvalue weighted by Crippen LogP contribution is 2.26. The average molecular weight is 372 g/mol. The molecule has 0 aliphatic carbocycles. The van der Waals surface area contributed by atoms with Gasteiger partial charge in [0.25, 0.3) is 0 Å². The molecular formula is C21H14ClN5. The van der Waals surface area contributed by atoms with Crippen molar-refractivity contribution in [3.8, 4) is 6.07 Å². The van der Waals surface area contributed by atoms with Crippen LogP contribution in [0.2, 0.25) is 5.02 Å². The van der Waals surface area contributed by atoms with Crippen LogP contribution in [0.4, 0.5) is 17.3 Å². The molecule has 0 aliphatic heterocycles. The lowest BCUT2D eigenvalue weighted by Gasteiger charge is -2.03. The normalized spacial score (nSPS) is 11.0. The molecule has 4 aromatic rings. The van der Waals surface area contributed by atoms with E-state index in [2.05, 4.69) is 38.7 Å². The van der Waals surface area contributed by atoms with Gasteiger partial charge in [-0.3, -0.25) is 5.10 Å². The minimum atomic E-state index is 0.335. The molecule has 0 bridgehead atoms. The van der Waals surface area contributed by atoms with E-state index in [-0.39, 0.29) is 0 Å². The first-order valence-corrected chi connectivity index (χ1v) is 8.65.